The number of furan rings is 1. The number of carbonyl (C=O) groups is 1. The number of halogens is 1. The number of ether oxygens (including phenoxy) is 1. The number of rotatable bonds is 5. The van der Waals surface area contributed by atoms with Gasteiger partial charge in [0.15, 0.2) is 16.7 Å². The maximum absolute atomic E-state index is 13.4. The lowest BCUT2D eigenvalue weighted by molar-refractivity contribution is 0.0992. The summed E-state index contributed by atoms with van der Waals surface area (Å²) >= 11 is 1.33. The molecule has 3 heterocycles. The second-order valence-electron chi connectivity index (χ2n) is 4.59. The van der Waals surface area contributed by atoms with Crippen LogP contribution in [0.25, 0.3) is 0 Å². The lowest BCUT2D eigenvalue weighted by Crippen LogP contribution is -2.10. The molecule has 8 heteroatoms. The minimum absolute atomic E-state index is 0.0302. The molecule has 3 aromatic heterocycles. The van der Waals surface area contributed by atoms with E-state index in [1.165, 1.54) is 35.7 Å². The van der Waals surface area contributed by atoms with Gasteiger partial charge >= 0.3 is 0 Å². The Morgan fingerprint density at radius 3 is 3.04 bits per heavy atom. The SMILES string of the molecule is Cc1csc(NC(=O)c2ccc(COc3ncccc3F)o2)n1. The van der Waals surface area contributed by atoms with E-state index in [0.717, 1.165) is 5.69 Å². The molecule has 0 spiro atoms. The molecule has 118 valence electrons. The average molecular weight is 333 g/mol. The molecule has 6 nitrogen and oxygen atoms in total. The number of nitrogens with one attached hydrogen (secondary N) is 1. The molecule has 0 saturated carbocycles. The van der Waals surface area contributed by atoms with Crippen LogP contribution < -0.4 is 10.1 Å². The third-order valence-electron chi connectivity index (χ3n) is 2.80. The third kappa shape index (κ3) is 3.72. The largest absolute Gasteiger partial charge is 0.467 e. The molecular weight excluding hydrogens is 321 g/mol. The first-order valence-corrected chi connectivity index (χ1v) is 7.55. The van der Waals surface area contributed by atoms with Crippen molar-refractivity contribution in [3.8, 4) is 5.88 Å². The quantitative estimate of drug-likeness (QED) is 0.774. The van der Waals surface area contributed by atoms with Crippen molar-refractivity contribution in [2.75, 3.05) is 5.32 Å². The molecule has 0 aliphatic rings. The summed E-state index contributed by atoms with van der Waals surface area (Å²) in [5.41, 5.74) is 0.830. The van der Waals surface area contributed by atoms with Gasteiger partial charge in [-0.25, -0.2) is 14.4 Å². The molecule has 23 heavy (non-hydrogen) atoms. The maximum Gasteiger partial charge on any atom is 0.293 e. The highest BCUT2D eigenvalue weighted by Crippen LogP contribution is 2.18. The number of amides is 1. The van der Waals surface area contributed by atoms with E-state index in [0.29, 0.717) is 10.9 Å². The Kier molecular flexibility index (Phi) is 4.33. The Morgan fingerprint density at radius 1 is 1.43 bits per heavy atom. The van der Waals surface area contributed by atoms with Crippen molar-refractivity contribution in [2.24, 2.45) is 0 Å². The van der Waals surface area contributed by atoms with Gasteiger partial charge in [-0.2, -0.15) is 0 Å². The van der Waals surface area contributed by atoms with E-state index >= 15 is 0 Å². The predicted molar refractivity (Wildman–Crippen MR) is 82.0 cm³/mol. The van der Waals surface area contributed by atoms with Crippen LogP contribution in [0.2, 0.25) is 0 Å². The van der Waals surface area contributed by atoms with Gasteiger partial charge < -0.3 is 9.15 Å². The summed E-state index contributed by atoms with van der Waals surface area (Å²) in [5, 5.41) is 4.97. The highest BCUT2D eigenvalue weighted by atomic mass is 32.1. The number of carbonyl (C=O) groups excluding carboxylic acids is 1. The van der Waals surface area contributed by atoms with Crippen LogP contribution in [0.15, 0.2) is 40.3 Å². The fourth-order valence-corrected chi connectivity index (χ4v) is 2.45. The second-order valence-corrected chi connectivity index (χ2v) is 5.45. The minimum atomic E-state index is -0.559. The van der Waals surface area contributed by atoms with Crippen LogP contribution in [-0.2, 0) is 6.61 Å². The Morgan fingerprint density at radius 2 is 2.30 bits per heavy atom. The first-order chi connectivity index (χ1) is 11.1. The number of hydrogen-bond acceptors (Lipinski definition) is 6. The van der Waals surface area contributed by atoms with E-state index in [1.54, 1.807) is 6.07 Å². The molecular formula is C15H12FN3O3S. The zero-order valence-electron chi connectivity index (χ0n) is 12.1. The summed E-state index contributed by atoms with van der Waals surface area (Å²) in [4.78, 5) is 19.9. The standard InChI is InChI=1S/C15H12FN3O3S/c1-9-8-23-15(18-9)19-13(20)12-5-4-10(22-12)7-21-14-11(16)3-2-6-17-14/h2-6,8H,7H2,1H3,(H,18,19,20). The number of anilines is 1. The van der Waals surface area contributed by atoms with Crippen LogP contribution >= 0.6 is 11.3 Å². The van der Waals surface area contributed by atoms with Gasteiger partial charge in [0.05, 0.1) is 5.69 Å². The Bertz CT molecular complexity index is 831. The van der Waals surface area contributed by atoms with Gasteiger partial charge in [0, 0.05) is 11.6 Å². The van der Waals surface area contributed by atoms with Crippen molar-refractivity contribution >= 4 is 22.4 Å². The smallest absolute Gasteiger partial charge is 0.293 e. The summed E-state index contributed by atoms with van der Waals surface area (Å²) in [6.45, 7) is 1.81. The van der Waals surface area contributed by atoms with Gasteiger partial charge in [-0.3, -0.25) is 10.1 Å². The van der Waals surface area contributed by atoms with Crippen LogP contribution in [0, 0.1) is 12.7 Å². The molecule has 0 aromatic carbocycles. The molecule has 0 aliphatic carbocycles. The van der Waals surface area contributed by atoms with Crippen LogP contribution in [0.4, 0.5) is 9.52 Å². The first-order valence-electron chi connectivity index (χ1n) is 6.67. The highest BCUT2D eigenvalue weighted by Gasteiger charge is 2.14. The number of aromatic nitrogens is 2. The molecule has 3 aromatic rings. The zero-order chi connectivity index (χ0) is 16.2. The van der Waals surface area contributed by atoms with Crippen molar-refractivity contribution in [3.05, 3.63) is 58.9 Å². The van der Waals surface area contributed by atoms with Gasteiger partial charge in [-0.15, -0.1) is 11.3 Å². The van der Waals surface area contributed by atoms with Crippen molar-refractivity contribution in [1.29, 1.82) is 0 Å². The number of pyridine rings is 1. The molecule has 0 bridgehead atoms. The van der Waals surface area contributed by atoms with Crippen LogP contribution in [0.5, 0.6) is 5.88 Å². The van der Waals surface area contributed by atoms with E-state index in [2.05, 4.69) is 15.3 Å². The summed E-state index contributed by atoms with van der Waals surface area (Å²) < 4.78 is 24.0. The fourth-order valence-electron chi connectivity index (χ4n) is 1.76. The Hall–Kier alpha value is -2.74. The van der Waals surface area contributed by atoms with E-state index in [1.807, 2.05) is 12.3 Å². The highest BCUT2D eigenvalue weighted by molar-refractivity contribution is 7.13. The van der Waals surface area contributed by atoms with Crippen LogP contribution in [-0.4, -0.2) is 15.9 Å². The van der Waals surface area contributed by atoms with Crippen molar-refractivity contribution in [2.45, 2.75) is 13.5 Å². The van der Waals surface area contributed by atoms with E-state index in [-0.39, 0.29) is 18.2 Å². The first kappa shape index (κ1) is 15.2. The number of hydrogen-bond donors (Lipinski definition) is 1. The van der Waals surface area contributed by atoms with Gasteiger partial charge in [-0.05, 0) is 31.2 Å². The number of aryl methyl sites for hydroxylation is 1. The monoisotopic (exact) mass is 333 g/mol. The van der Waals surface area contributed by atoms with Crippen LogP contribution in [0.1, 0.15) is 22.0 Å². The van der Waals surface area contributed by atoms with Gasteiger partial charge in [0.2, 0.25) is 0 Å². The Balaban J connectivity index is 1.61. The molecule has 0 aliphatic heterocycles. The molecule has 0 radical (unpaired) electrons. The van der Waals surface area contributed by atoms with Gasteiger partial charge in [0.25, 0.3) is 11.8 Å². The molecule has 0 saturated heterocycles. The van der Waals surface area contributed by atoms with E-state index in [4.69, 9.17) is 9.15 Å². The molecule has 0 atom stereocenters. The summed E-state index contributed by atoms with van der Waals surface area (Å²) in [7, 11) is 0. The normalized spacial score (nSPS) is 10.5. The topological polar surface area (TPSA) is 77.2 Å². The fraction of sp³-hybridized carbons (Fsp3) is 0.133. The lowest BCUT2D eigenvalue weighted by Gasteiger charge is -2.03. The summed E-state index contributed by atoms with van der Waals surface area (Å²) in [6, 6.07) is 5.82. The number of thiazole rings is 1. The average Bonchev–Trinajstić information content (AvgIpc) is 3.16. The molecule has 0 unspecified atom stereocenters. The molecule has 3 rings (SSSR count). The summed E-state index contributed by atoms with van der Waals surface area (Å²) in [6.07, 6.45) is 1.43. The lowest BCUT2D eigenvalue weighted by atomic mass is 10.4. The zero-order valence-corrected chi connectivity index (χ0v) is 12.9. The summed E-state index contributed by atoms with van der Waals surface area (Å²) in [5.74, 6) is -0.576. The van der Waals surface area contributed by atoms with Crippen molar-refractivity contribution < 1.29 is 18.3 Å². The predicted octanol–water partition coefficient (Wildman–Crippen LogP) is 3.41. The molecule has 1 N–H and O–H groups in total. The van der Waals surface area contributed by atoms with Crippen molar-refractivity contribution in [3.63, 3.8) is 0 Å². The Labute approximate surface area is 135 Å². The van der Waals surface area contributed by atoms with E-state index in [9.17, 15) is 9.18 Å². The van der Waals surface area contributed by atoms with Gasteiger partial charge in [0.1, 0.15) is 12.4 Å². The van der Waals surface area contributed by atoms with Crippen molar-refractivity contribution in [1.82, 2.24) is 9.97 Å². The molecule has 1 amide bonds. The van der Waals surface area contributed by atoms with Crippen LogP contribution in [0.3, 0.4) is 0 Å². The minimum Gasteiger partial charge on any atom is -0.467 e. The van der Waals surface area contributed by atoms with Gasteiger partial charge in [-0.1, -0.05) is 0 Å². The molecule has 0 fully saturated rings. The maximum atomic E-state index is 13.4. The van der Waals surface area contributed by atoms with E-state index < -0.39 is 11.7 Å². The third-order valence-corrected chi connectivity index (χ3v) is 3.68. The second kappa shape index (κ2) is 6.57. The number of nitrogens with zero attached hydrogens (tertiary/aromatic N) is 2.